The summed E-state index contributed by atoms with van der Waals surface area (Å²) in [6, 6.07) is 8.67. The molecule has 1 amide bonds. The number of nitrogens with one attached hydrogen (secondary N) is 1. The number of nitrogens with zero attached hydrogens (tertiary/aromatic N) is 2. The molecule has 6 heteroatoms. The van der Waals surface area contributed by atoms with Gasteiger partial charge in [-0.25, -0.2) is 4.98 Å². The van der Waals surface area contributed by atoms with Crippen molar-refractivity contribution in [2.75, 3.05) is 24.3 Å². The Morgan fingerprint density at radius 1 is 1.14 bits per heavy atom. The SMILES string of the molecule is Cc1ccc(NC(=O)c2cc(Cl)nc(Cl)c2)cc1N(C)C. The predicted molar refractivity (Wildman–Crippen MR) is 87.7 cm³/mol. The van der Waals surface area contributed by atoms with Gasteiger partial charge in [0.05, 0.1) is 0 Å². The van der Waals surface area contributed by atoms with E-state index in [1.807, 2.05) is 44.1 Å². The standard InChI is InChI=1S/C15H15Cl2N3O/c1-9-4-5-11(8-12(9)20(2)3)18-15(21)10-6-13(16)19-14(17)7-10/h4-8H,1-3H3,(H,18,21). The fourth-order valence-corrected chi connectivity index (χ4v) is 2.43. The monoisotopic (exact) mass is 323 g/mol. The Morgan fingerprint density at radius 3 is 2.33 bits per heavy atom. The Bertz CT molecular complexity index is 666. The lowest BCUT2D eigenvalue weighted by Crippen LogP contribution is -2.14. The van der Waals surface area contributed by atoms with Gasteiger partial charge in [-0.05, 0) is 36.8 Å². The Morgan fingerprint density at radius 2 is 1.76 bits per heavy atom. The summed E-state index contributed by atoms with van der Waals surface area (Å²) in [7, 11) is 3.91. The summed E-state index contributed by atoms with van der Waals surface area (Å²) in [4.78, 5) is 18.0. The summed E-state index contributed by atoms with van der Waals surface area (Å²) in [5.41, 5.74) is 3.25. The van der Waals surface area contributed by atoms with Gasteiger partial charge in [0, 0.05) is 31.0 Å². The van der Waals surface area contributed by atoms with E-state index in [-0.39, 0.29) is 16.2 Å². The van der Waals surface area contributed by atoms with Crippen molar-refractivity contribution in [3.8, 4) is 0 Å². The molecule has 0 fully saturated rings. The number of rotatable bonds is 3. The van der Waals surface area contributed by atoms with Crippen molar-refractivity contribution in [2.45, 2.75) is 6.92 Å². The van der Waals surface area contributed by atoms with E-state index in [1.165, 1.54) is 12.1 Å². The molecule has 0 aliphatic heterocycles. The van der Waals surface area contributed by atoms with Crippen LogP contribution in [-0.2, 0) is 0 Å². The second-order valence-corrected chi connectivity index (χ2v) is 5.63. The van der Waals surface area contributed by atoms with Crippen molar-refractivity contribution in [3.63, 3.8) is 0 Å². The average Bonchev–Trinajstić information content (AvgIpc) is 2.39. The molecule has 0 radical (unpaired) electrons. The molecular formula is C15H15Cl2N3O. The van der Waals surface area contributed by atoms with Gasteiger partial charge in [-0.2, -0.15) is 0 Å². The number of pyridine rings is 1. The molecule has 4 nitrogen and oxygen atoms in total. The summed E-state index contributed by atoms with van der Waals surface area (Å²) >= 11 is 11.6. The van der Waals surface area contributed by atoms with Crippen LogP contribution in [0, 0.1) is 6.92 Å². The molecule has 0 saturated heterocycles. The highest BCUT2D eigenvalue weighted by Crippen LogP contribution is 2.23. The zero-order chi connectivity index (χ0) is 15.6. The second-order valence-electron chi connectivity index (χ2n) is 4.85. The van der Waals surface area contributed by atoms with Gasteiger partial charge in [0.15, 0.2) is 0 Å². The summed E-state index contributed by atoms with van der Waals surface area (Å²) in [6.07, 6.45) is 0. The number of aromatic nitrogens is 1. The molecule has 1 heterocycles. The van der Waals surface area contributed by atoms with Gasteiger partial charge in [-0.3, -0.25) is 4.79 Å². The van der Waals surface area contributed by atoms with Gasteiger partial charge in [0.2, 0.25) is 0 Å². The molecule has 0 unspecified atom stereocenters. The van der Waals surface area contributed by atoms with Crippen molar-refractivity contribution in [3.05, 3.63) is 51.8 Å². The number of hydrogen-bond donors (Lipinski definition) is 1. The van der Waals surface area contributed by atoms with Gasteiger partial charge in [-0.1, -0.05) is 29.3 Å². The zero-order valence-corrected chi connectivity index (χ0v) is 13.5. The van der Waals surface area contributed by atoms with Crippen LogP contribution in [-0.4, -0.2) is 25.0 Å². The molecule has 0 atom stereocenters. The number of carbonyl (C=O) groups excluding carboxylic acids is 1. The van der Waals surface area contributed by atoms with E-state index in [0.29, 0.717) is 11.3 Å². The molecule has 0 bridgehead atoms. The Hall–Kier alpha value is -1.78. The maximum absolute atomic E-state index is 12.2. The first-order valence-corrected chi connectivity index (χ1v) is 7.05. The first-order chi connectivity index (χ1) is 9.86. The summed E-state index contributed by atoms with van der Waals surface area (Å²) in [5, 5.41) is 3.20. The normalized spacial score (nSPS) is 10.3. The second kappa shape index (κ2) is 6.33. The van der Waals surface area contributed by atoms with Gasteiger partial charge < -0.3 is 10.2 Å². The first kappa shape index (κ1) is 15.6. The maximum atomic E-state index is 12.2. The summed E-state index contributed by atoms with van der Waals surface area (Å²) in [5.74, 6) is -0.283. The van der Waals surface area contributed by atoms with Crippen LogP contribution < -0.4 is 10.2 Å². The molecule has 0 aliphatic rings. The molecular weight excluding hydrogens is 309 g/mol. The van der Waals surface area contributed by atoms with Crippen LogP contribution in [0.1, 0.15) is 15.9 Å². The van der Waals surface area contributed by atoms with E-state index < -0.39 is 0 Å². The van der Waals surface area contributed by atoms with Crippen molar-refractivity contribution < 1.29 is 4.79 Å². The maximum Gasteiger partial charge on any atom is 0.255 e. The van der Waals surface area contributed by atoms with Gasteiger partial charge in [-0.15, -0.1) is 0 Å². The van der Waals surface area contributed by atoms with Crippen LogP contribution in [0.4, 0.5) is 11.4 Å². The number of benzene rings is 1. The number of anilines is 2. The van der Waals surface area contributed by atoms with Crippen LogP contribution >= 0.6 is 23.2 Å². The molecule has 1 N–H and O–H groups in total. The third-order valence-electron chi connectivity index (χ3n) is 2.97. The molecule has 0 spiro atoms. The summed E-state index contributed by atoms with van der Waals surface area (Å²) in [6.45, 7) is 2.02. The van der Waals surface area contributed by atoms with Crippen molar-refractivity contribution in [2.24, 2.45) is 0 Å². The summed E-state index contributed by atoms with van der Waals surface area (Å²) < 4.78 is 0. The van der Waals surface area contributed by atoms with Crippen molar-refractivity contribution in [1.29, 1.82) is 0 Å². The number of hydrogen-bond acceptors (Lipinski definition) is 3. The van der Waals surface area contributed by atoms with E-state index in [2.05, 4.69) is 10.3 Å². The van der Waals surface area contributed by atoms with E-state index in [1.54, 1.807) is 0 Å². The van der Waals surface area contributed by atoms with Crippen LogP contribution in [0.3, 0.4) is 0 Å². The number of carbonyl (C=O) groups is 1. The average molecular weight is 324 g/mol. The predicted octanol–water partition coefficient (Wildman–Crippen LogP) is 4.02. The van der Waals surface area contributed by atoms with E-state index in [0.717, 1.165) is 11.3 Å². The minimum Gasteiger partial charge on any atom is -0.377 e. The molecule has 110 valence electrons. The van der Waals surface area contributed by atoms with Crippen molar-refractivity contribution >= 4 is 40.5 Å². The smallest absolute Gasteiger partial charge is 0.255 e. The number of aryl methyl sites for hydroxylation is 1. The van der Waals surface area contributed by atoms with E-state index in [9.17, 15) is 4.79 Å². The third-order valence-corrected chi connectivity index (χ3v) is 3.36. The molecule has 0 saturated carbocycles. The minimum atomic E-state index is -0.283. The number of halogens is 2. The van der Waals surface area contributed by atoms with E-state index in [4.69, 9.17) is 23.2 Å². The lowest BCUT2D eigenvalue weighted by atomic mass is 10.1. The fourth-order valence-electron chi connectivity index (χ4n) is 1.97. The van der Waals surface area contributed by atoms with E-state index >= 15 is 0 Å². The molecule has 2 rings (SSSR count). The molecule has 0 aliphatic carbocycles. The Kier molecular flexibility index (Phi) is 4.70. The highest BCUT2D eigenvalue weighted by molar-refractivity contribution is 6.33. The lowest BCUT2D eigenvalue weighted by Gasteiger charge is -2.17. The number of amides is 1. The van der Waals surface area contributed by atoms with Gasteiger partial charge in [0.25, 0.3) is 5.91 Å². The van der Waals surface area contributed by atoms with Crippen LogP contribution in [0.5, 0.6) is 0 Å². The van der Waals surface area contributed by atoms with Crippen molar-refractivity contribution in [1.82, 2.24) is 4.98 Å². The molecule has 1 aromatic heterocycles. The topological polar surface area (TPSA) is 45.2 Å². The largest absolute Gasteiger partial charge is 0.377 e. The van der Waals surface area contributed by atoms with Gasteiger partial charge in [0.1, 0.15) is 10.3 Å². The molecule has 2 aromatic rings. The Labute approximate surface area is 133 Å². The Balaban J connectivity index is 2.25. The molecule has 21 heavy (non-hydrogen) atoms. The third kappa shape index (κ3) is 3.86. The molecule has 1 aromatic carbocycles. The fraction of sp³-hybridized carbons (Fsp3) is 0.200. The first-order valence-electron chi connectivity index (χ1n) is 6.29. The minimum absolute atomic E-state index is 0.186. The van der Waals surface area contributed by atoms with Crippen LogP contribution in [0.25, 0.3) is 0 Å². The quantitative estimate of drug-likeness (QED) is 0.868. The zero-order valence-electron chi connectivity index (χ0n) is 11.9. The highest BCUT2D eigenvalue weighted by atomic mass is 35.5. The van der Waals surface area contributed by atoms with Crippen LogP contribution in [0.2, 0.25) is 10.3 Å². The van der Waals surface area contributed by atoms with Crippen LogP contribution in [0.15, 0.2) is 30.3 Å². The van der Waals surface area contributed by atoms with Gasteiger partial charge >= 0.3 is 0 Å². The lowest BCUT2D eigenvalue weighted by molar-refractivity contribution is 0.102. The highest BCUT2D eigenvalue weighted by Gasteiger charge is 2.10.